The van der Waals surface area contributed by atoms with Crippen LogP contribution in [0.25, 0.3) is 0 Å². The van der Waals surface area contributed by atoms with E-state index in [1.807, 2.05) is 4.90 Å². The third-order valence-corrected chi connectivity index (χ3v) is 3.13. The summed E-state index contributed by atoms with van der Waals surface area (Å²) in [6.45, 7) is 4.84. The number of hydrogen-bond acceptors (Lipinski definition) is 4. The molecule has 0 atom stereocenters. The van der Waals surface area contributed by atoms with E-state index in [2.05, 4.69) is 17.4 Å². The van der Waals surface area contributed by atoms with Gasteiger partial charge < -0.3 is 14.7 Å². The highest BCUT2D eigenvalue weighted by Crippen LogP contribution is 2.15. The molecule has 0 radical (unpaired) electrons. The normalized spacial score (nSPS) is 16.1. The molecule has 2 heterocycles. The van der Waals surface area contributed by atoms with Crippen LogP contribution in [0.5, 0.6) is 0 Å². The molecule has 0 aromatic carbocycles. The highest BCUT2D eigenvalue weighted by molar-refractivity contribution is 5.92. The van der Waals surface area contributed by atoms with E-state index < -0.39 is 0 Å². The van der Waals surface area contributed by atoms with E-state index in [9.17, 15) is 4.79 Å². The maximum Gasteiger partial charge on any atom is 0.276 e. The van der Waals surface area contributed by atoms with Crippen molar-refractivity contribution in [3.05, 3.63) is 18.0 Å². The predicted octanol–water partition coefficient (Wildman–Crippen LogP) is 1.70. The molecule has 1 amide bonds. The van der Waals surface area contributed by atoms with Gasteiger partial charge in [0.25, 0.3) is 5.91 Å². The quantitative estimate of drug-likeness (QED) is 0.907. The van der Waals surface area contributed by atoms with Gasteiger partial charge in [0.05, 0.1) is 0 Å². The Morgan fingerprint density at radius 1 is 1.56 bits per heavy atom. The number of rotatable bonds is 4. The Morgan fingerprint density at radius 3 is 2.83 bits per heavy atom. The Kier molecular flexibility index (Phi) is 6.15. The molecule has 1 aliphatic heterocycles. The second kappa shape index (κ2) is 7.38. The summed E-state index contributed by atoms with van der Waals surface area (Å²) in [5.74, 6) is -0.00694. The van der Waals surface area contributed by atoms with Gasteiger partial charge in [0.2, 0.25) is 0 Å². The highest BCUT2D eigenvalue weighted by Gasteiger charge is 2.26. The second-order valence-electron chi connectivity index (χ2n) is 4.36. The molecule has 0 saturated carbocycles. The number of hydrogen-bond donors (Lipinski definition) is 1. The van der Waals surface area contributed by atoms with Gasteiger partial charge in [-0.25, -0.2) is 0 Å². The lowest BCUT2D eigenvalue weighted by Crippen LogP contribution is -2.46. The van der Waals surface area contributed by atoms with Crippen LogP contribution in [-0.4, -0.2) is 41.6 Å². The molecule has 18 heavy (non-hydrogen) atoms. The molecule has 1 aromatic heterocycles. The van der Waals surface area contributed by atoms with Crippen molar-refractivity contribution in [2.75, 3.05) is 19.6 Å². The Bertz CT molecular complexity index is 350. The zero-order valence-electron chi connectivity index (χ0n) is 10.6. The zero-order valence-corrected chi connectivity index (χ0v) is 11.4. The van der Waals surface area contributed by atoms with Crippen LogP contribution in [0.3, 0.4) is 0 Å². The van der Waals surface area contributed by atoms with Crippen LogP contribution in [0.4, 0.5) is 0 Å². The number of nitrogens with one attached hydrogen (secondary N) is 1. The third-order valence-electron chi connectivity index (χ3n) is 3.13. The van der Waals surface area contributed by atoms with Crippen LogP contribution in [0.2, 0.25) is 0 Å². The van der Waals surface area contributed by atoms with Gasteiger partial charge in [-0.1, -0.05) is 12.1 Å². The zero-order chi connectivity index (χ0) is 12.1. The molecular weight excluding hydrogens is 254 g/mol. The Labute approximate surface area is 113 Å². The summed E-state index contributed by atoms with van der Waals surface area (Å²) in [4.78, 5) is 14.2. The molecule has 1 N–H and O–H groups in total. The Balaban J connectivity index is 0.00000162. The van der Waals surface area contributed by atoms with E-state index in [1.165, 1.54) is 6.26 Å². The van der Waals surface area contributed by atoms with Gasteiger partial charge in [-0.15, -0.1) is 12.4 Å². The lowest BCUT2D eigenvalue weighted by Gasteiger charge is -2.34. The van der Waals surface area contributed by atoms with Crippen LogP contribution in [-0.2, 0) is 0 Å². The Morgan fingerprint density at radius 2 is 2.28 bits per heavy atom. The first-order chi connectivity index (χ1) is 8.33. The fourth-order valence-corrected chi connectivity index (χ4v) is 2.28. The smallest absolute Gasteiger partial charge is 0.276 e. The van der Waals surface area contributed by atoms with Gasteiger partial charge in [0, 0.05) is 18.7 Å². The van der Waals surface area contributed by atoms with Crippen molar-refractivity contribution in [2.24, 2.45) is 0 Å². The molecule has 2 rings (SSSR count). The summed E-state index contributed by atoms with van der Waals surface area (Å²) in [6.07, 6.45) is 4.44. The molecule has 0 unspecified atom stereocenters. The third kappa shape index (κ3) is 3.46. The van der Waals surface area contributed by atoms with Gasteiger partial charge in [0.1, 0.15) is 6.26 Å². The second-order valence-corrected chi connectivity index (χ2v) is 4.36. The van der Waals surface area contributed by atoms with Crippen LogP contribution >= 0.6 is 12.4 Å². The minimum atomic E-state index is -0.00694. The number of carbonyl (C=O) groups is 1. The maximum atomic E-state index is 12.3. The molecule has 1 aromatic rings. The van der Waals surface area contributed by atoms with E-state index in [1.54, 1.807) is 6.07 Å². The fraction of sp³-hybridized carbons (Fsp3) is 0.667. The maximum absolute atomic E-state index is 12.3. The Hall–Kier alpha value is -1.07. The van der Waals surface area contributed by atoms with Gasteiger partial charge in [-0.2, -0.15) is 0 Å². The summed E-state index contributed by atoms with van der Waals surface area (Å²) in [7, 11) is 0. The van der Waals surface area contributed by atoms with Crippen molar-refractivity contribution < 1.29 is 9.32 Å². The molecular formula is C12H20ClN3O2. The lowest BCUT2D eigenvalue weighted by atomic mass is 10.0. The van der Waals surface area contributed by atoms with Crippen LogP contribution in [0, 0.1) is 0 Å². The monoisotopic (exact) mass is 273 g/mol. The van der Waals surface area contributed by atoms with Crippen LogP contribution < -0.4 is 5.32 Å². The topological polar surface area (TPSA) is 58.4 Å². The first-order valence-electron chi connectivity index (χ1n) is 6.25. The molecule has 1 aliphatic rings. The van der Waals surface area contributed by atoms with Crippen molar-refractivity contribution in [1.82, 2.24) is 15.4 Å². The first-order valence-corrected chi connectivity index (χ1v) is 6.25. The van der Waals surface area contributed by atoms with Crippen molar-refractivity contribution in [3.8, 4) is 0 Å². The average molecular weight is 274 g/mol. The van der Waals surface area contributed by atoms with E-state index in [0.717, 1.165) is 38.9 Å². The van der Waals surface area contributed by atoms with Crippen molar-refractivity contribution in [2.45, 2.75) is 32.2 Å². The average Bonchev–Trinajstić information content (AvgIpc) is 2.90. The summed E-state index contributed by atoms with van der Waals surface area (Å²) < 4.78 is 4.74. The molecule has 1 saturated heterocycles. The van der Waals surface area contributed by atoms with E-state index in [-0.39, 0.29) is 18.3 Å². The molecule has 5 nitrogen and oxygen atoms in total. The van der Waals surface area contributed by atoms with Crippen LogP contribution in [0.1, 0.15) is 36.7 Å². The number of piperidine rings is 1. The summed E-state index contributed by atoms with van der Waals surface area (Å²) in [5.41, 5.74) is 0.414. The van der Waals surface area contributed by atoms with Crippen molar-refractivity contribution >= 4 is 18.3 Å². The number of carbonyl (C=O) groups excluding carboxylic acids is 1. The molecule has 0 aliphatic carbocycles. The fourth-order valence-electron chi connectivity index (χ4n) is 2.28. The number of nitrogens with zero attached hydrogens (tertiary/aromatic N) is 2. The van der Waals surface area contributed by atoms with Crippen LogP contribution in [0.15, 0.2) is 16.9 Å². The largest absolute Gasteiger partial charge is 0.364 e. The van der Waals surface area contributed by atoms with Gasteiger partial charge in [0.15, 0.2) is 5.69 Å². The van der Waals surface area contributed by atoms with E-state index in [4.69, 9.17) is 4.52 Å². The number of amides is 1. The molecule has 0 spiro atoms. The molecule has 0 bridgehead atoms. The minimum Gasteiger partial charge on any atom is -0.364 e. The minimum absolute atomic E-state index is 0. The standard InChI is InChI=1S/C12H19N3O2.ClH/c1-2-8-15(10-3-6-13-7-4-10)12(16)11-5-9-17-14-11;/h5,9-10,13H,2-4,6-8H2,1H3;1H. The number of aromatic nitrogens is 1. The lowest BCUT2D eigenvalue weighted by molar-refractivity contribution is 0.0632. The van der Waals surface area contributed by atoms with Gasteiger partial charge in [-0.05, 0) is 32.4 Å². The SMILES string of the molecule is CCCN(C(=O)c1ccon1)C1CCNCC1.Cl. The molecule has 102 valence electrons. The molecule has 1 fully saturated rings. The summed E-state index contributed by atoms with van der Waals surface area (Å²) in [6, 6.07) is 1.96. The highest BCUT2D eigenvalue weighted by atomic mass is 35.5. The van der Waals surface area contributed by atoms with Crippen molar-refractivity contribution in [1.29, 1.82) is 0 Å². The molecule has 6 heteroatoms. The first kappa shape index (κ1) is 15.0. The summed E-state index contributed by atoms with van der Waals surface area (Å²) >= 11 is 0. The van der Waals surface area contributed by atoms with Crippen molar-refractivity contribution in [3.63, 3.8) is 0 Å². The number of halogens is 1. The van der Waals surface area contributed by atoms with Gasteiger partial charge in [-0.3, -0.25) is 4.79 Å². The summed E-state index contributed by atoms with van der Waals surface area (Å²) in [5, 5.41) is 7.05. The predicted molar refractivity (Wildman–Crippen MR) is 71.0 cm³/mol. The van der Waals surface area contributed by atoms with E-state index in [0.29, 0.717) is 11.7 Å². The van der Waals surface area contributed by atoms with E-state index >= 15 is 0 Å². The van der Waals surface area contributed by atoms with Gasteiger partial charge >= 0.3 is 0 Å².